The van der Waals surface area contributed by atoms with E-state index in [-0.39, 0.29) is 18.5 Å². The molecule has 0 aliphatic heterocycles. The van der Waals surface area contributed by atoms with Crippen molar-refractivity contribution in [3.63, 3.8) is 0 Å². The fourth-order valence-electron chi connectivity index (χ4n) is 1.91. The van der Waals surface area contributed by atoms with E-state index in [1.165, 1.54) is 11.0 Å². The van der Waals surface area contributed by atoms with Crippen molar-refractivity contribution in [2.24, 2.45) is 5.92 Å². The molecule has 2 aromatic rings. The number of hydrogen-bond acceptors (Lipinski definition) is 4. The van der Waals surface area contributed by atoms with Crippen molar-refractivity contribution in [3.05, 3.63) is 42.2 Å². The van der Waals surface area contributed by atoms with Gasteiger partial charge < -0.3 is 5.32 Å². The first-order valence-electron chi connectivity index (χ1n) is 6.22. The second kappa shape index (κ2) is 6.08. The lowest BCUT2D eigenvalue weighted by Gasteiger charge is -2.22. The number of carbonyl (C=O) groups excluding carboxylic acids is 1. The molecule has 19 heavy (non-hydrogen) atoms. The van der Waals surface area contributed by atoms with E-state index in [9.17, 15) is 4.79 Å². The summed E-state index contributed by atoms with van der Waals surface area (Å²) in [7, 11) is 0. The first kappa shape index (κ1) is 13.2. The van der Waals surface area contributed by atoms with Crippen molar-refractivity contribution in [1.82, 2.24) is 25.5 Å². The van der Waals surface area contributed by atoms with Crippen molar-refractivity contribution >= 4 is 5.91 Å². The molecule has 2 rings (SSSR count). The minimum atomic E-state index is -0.102. The molecule has 0 saturated carbocycles. The van der Waals surface area contributed by atoms with Gasteiger partial charge in [0.1, 0.15) is 12.9 Å². The van der Waals surface area contributed by atoms with Crippen LogP contribution in [0, 0.1) is 5.92 Å². The predicted octanol–water partition coefficient (Wildman–Crippen LogP) is 1.19. The molecule has 0 bridgehead atoms. The number of benzene rings is 1. The second-order valence-electron chi connectivity index (χ2n) is 4.71. The highest BCUT2D eigenvalue weighted by atomic mass is 16.2. The van der Waals surface area contributed by atoms with Gasteiger partial charge in [-0.25, -0.2) is 4.68 Å². The zero-order valence-electron chi connectivity index (χ0n) is 11.0. The summed E-state index contributed by atoms with van der Waals surface area (Å²) >= 11 is 0. The van der Waals surface area contributed by atoms with Crippen molar-refractivity contribution in [2.75, 3.05) is 0 Å². The molecule has 0 radical (unpaired) electrons. The van der Waals surface area contributed by atoms with Crippen LogP contribution in [0.2, 0.25) is 0 Å². The molecular weight excluding hydrogens is 242 g/mol. The number of rotatable bonds is 5. The number of hydrogen-bond donors (Lipinski definition) is 1. The van der Waals surface area contributed by atoms with Crippen LogP contribution in [-0.2, 0) is 11.3 Å². The average Bonchev–Trinajstić information content (AvgIpc) is 2.89. The van der Waals surface area contributed by atoms with Gasteiger partial charge in [-0.1, -0.05) is 44.2 Å². The second-order valence-corrected chi connectivity index (χ2v) is 4.71. The van der Waals surface area contributed by atoms with E-state index in [1.54, 1.807) is 0 Å². The third-order valence-electron chi connectivity index (χ3n) is 2.84. The molecule has 0 saturated heterocycles. The molecule has 100 valence electrons. The van der Waals surface area contributed by atoms with Crippen LogP contribution in [-0.4, -0.2) is 26.1 Å². The van der Waals surface area contributed by atoms with E-state index >= 15 is 0 Å². The lowest BCUT2D eigenvalue weighted by Crippen LogP contribution is -2.34. The molecule has 0 spiro atoms. The summed E-state index contributed by atoms with van der Waals surface area (Å²) in [5.41, 5.74) is 1.10. The van der Waals surface area contributed by atoms with Crippen LogP contribution in [0.25, 0.3) is 0 Å². The summed E-state index contributed by atoms with van der Waals surface area (Å²) in [4.78, 5) is 12.0. The highest BCUT2D eigenvalue weighted by Crippen LogP contribution is 2.21. The largest absolute Gasteiger partial charge is 0.347 e. The molecule has 1 atom stereocenters. The number of nitrogens with one attached hydrogen (secondary N) is 1. The fraction of sp³-hybridized carbons (Fsp3) is 0.385. The SMILES string of the molecule is CC(C)C(NC(=O)Cn1cnnn1)c1ccccc1. The van der Waals surface area contributed by atoms with Crippen molar-refractivity contribution in [1.29, 1.82) is 0 Å². The summed E-state index contributed by atoms with van der Waals surface area (Å²) < 4.78 is 1.40. The van der Waals surface area contributed by atoms with Gasteiger partial charge in [-0.2, -0.15) is 0 Å². The Balaban J connectivity index is 2.03. The molecule has 0 fully saturated rings. The Bertz CT molecular complexity index is 509. The molecule has 1 heterocycles. The van der Waals surface area contributed by atoms with E-state index in [1.807, 2.05) is 30.3 Å². The zero-order valence-corrected chi connectivity index (χ0v) is 11.0. The topological polar surface area (TPSA) is 72.7 Å². The van der Waals surface area contributed by atoms with Crippen LogP contribution in [0.4, 0.5) is 0 Å². The maximum atomic E-state index is 12.0. The Hall–Kier alpha value is -2.24. The molecule has 1 aromatic heterocycles. The van der Waals surface area contributed by atoms with Crippen LogP contribution in [0.1, 0.15) is 25.5 Å². The maximum Gasteiger partial charge on any atom is 0.242 e. The fourth-order valence-corrected chi connectivity index (χ4v) is 1.91. The molecule has 6 nitrogen and oxygen atoms in total. The molecule has 1 aromatic carbocycles. The Morgan fingerprint density at radius 2 is 2.05 bits per heavy atom. The van der Waals surface area contributed by atoms with Crippen molar-refractivity contribution in [2.45, 2.75) is 26.4 Å². The summed E-state index contributed by atoms with van der Waals surface area (Å²) in [6, 6.07) is 9.93. The lowest BCUT2D eigenvalue weighted by molar-refractivity contribution is -0.123. The summed E-state index contributed by atoms with van der Waals surface area (Å²) in [5, 5.41) is 13.7. The number of nitrogens with zero attached hydrogens (tertiary/aromatic N) is 4. The van der Waals surface area contributed by atoms with Crippen molar-refractivity contribution in [3.8, 4) is 0 Å². The van der Waals surface area contributed by atoms with Gasteiger partial charge in [0.15, 0.2) is 0 Å². The average molecular weight is 259 g/mol. The summed E-state index contributed by atoms with van der Waals surface area (Å²) in [5.74, 6) is 0.204. The molecule has 6 heteroatoms. The van der Waals surface area contributed by atoms with E-state index in [0.29, 0.717) is 5.92 Å². The Morgan fingerprint density at radius 1 is 1.32 bits per heavy atom. The van der Waals surface area contributed by atoms with E-state index < -0.39 is 0 Å². The minimum absolute atomic E-state index is 0.00909. The molecule has 1 N–H and O–H groups in total. The Morgan fingerprint density at radius 3 is 2.63 bits per heavy atom. The van der Waals surface area contributed by atoms with Gasteiger partial charge in [0.25, 0.3) is 0 Å². The normalized spacial score (nSPS) is 12.4. The summed E-state index contributed by atoms with van der Waals surface area (Å²) in [6.45, 7) is 4.28. The lowest BCUT2D eigenvalue weighted by atomic mass is 9.96. The standard InChI is InChI=1S/C13H17N5O/c1-10(2)13(11-6-4-3-5-7-11)15-12(19)8-18-9-14-16-17-18/h3-7,9-10,13H,8H2,1-2H3,(H,15,19). The van der Waals surface area contributed by atoms with Gasteiger partial charge in [-0.3, -0.25) is 4.79 Å². The first-order valence-corrected chi connectivity index (χ1v) is 6.22. The van der Waals surface area contributed by atoms with E-state index in [2.05, 4.69) is 34.7 Å². The van der Waals surface area contributed by atoms with Gasteiger partial charge >= 0.3 is 0 Å². The van der Waals surface area contributed by atoms with Crippen molar-refractivity contribution < 1.29 is 4.79 Å². The predicted molar refractivity (Wildman–Crippen MR) is 70.0 cm³/mol. The third-order valence-corrected chi connectivity index (χ3v) is 2.84. The molecule has 1 unspecified atom stereocenters. The highest BCUT2D eigenvalue weighted by Gasteiger charge is 2.18. The first-order chi connectivity index (χ1) is 9.16. The van der Waals surface area contributed by atoms with E-state index in [0.717, 1.165) is 5.56 Å². The van der Waals surface area contributed by atoms with Gasteiger partial charge in [-0.05, 0) is 21.9 Å². The summed E-state index contributed by atoms with van der Waals surface area (Å²) in [6.07, 6.45) is 1.42. The molecule has 0 aliphatic rings. The number of carbonyl (C=O) groups is 1. The minimum Gasteiger partial charge on any atom is -0.347 e. The molecular formula is C13H17N5O. The maximum absolute atomic E-state index is 12.0. The van der Waals surface area contributed by atoms with Gasteiger partial charge in [0.05, 0.1) is 6.04 Å². The number of aromatic nitrogens is 4. The molecule has 1 amide bonds. The Kier molecular flexibility index (Phi) is 4.22. The smallest absolute Gasteiger partial charge is 0.242 e. The third kappa shape index (κ3) is 3.61. The number of amides is 1. The monoisotopic (exact) mass is 259 g/mol. The van der Waals surface area contributed by atoms with Gasteiger partial charge in [0.2, 0.25) is 5.91 Å². The van der Waals surface area contributed by atoms with Crippen LogP contribution in [0.3, 0.4) is 0 Å². The van der Waals surface area contributed by atoms with Gasteiger partial charge in [-0.15, -0.1) is 5.10 Å². The van der Waals surface area contributed by atoms with Crippen LogP contribution in [0.5, 0.6) is 0 Å². The number of tetrazole rings is 1. The highest BCUT2D eigenvalue weighted by molar-refractivity contribution is 5.76. The quantitative estimate of drug-likeness (QED) is 0.875. The van der Waals surface area contributed by atoms with Crippen LogP contribution in [0.15, 0.2) is 36.7 Å². The zero-order chi connectivity index (χ0) is 13.7. The Labute approximate surface area is 111 Å². The molecule has 0 aliphatic carbocycles. The van der Waals surface area contributed by atoms with Gasteiger partial charge in [0, 0.05) is 0 Å². The van der Waals surface area contributed by atoms with E-state index in [4.69, 9.17) is 0 Å². The van der Waals surface area contributed by atoms with Crippen LogP contribution >= 0.6 is 0 Å². The van der Waals surface area contributed by atoms with Crippen LogP contribution < -0.4 is 5.32 Å².